The van der Waals surface area contributed by atoms with E-state index in [0.29, 0.717) is 17.5 Å². The van der Waals surface area contributed by atoms with Gasteiger partial charge in [-0.05, 0) is 80.7 Å². The molecule has 13 aromatic rings. The summed E-state index contributed by atoms with van der Waals surface area (Å²) in [7, 11) is 0. The minimum absolute atomic E-state index is 0.616. The van der Waals surface area contributed by atoms with E-state index in [4.69, 9.17) is 15.0 Å². The van der Waals surface area contributed by atoms with Crippen molar-refractivity contribution < 1.29 is 0 Å². The Hall–Kier alpha value is -8.25. The summed E-state index contributed by atoms with van der Waals surface area (Å²) < 4.78 is 5.01. The van der Waals surface area contributed by atoms with Crippen molar-refractivity contribution in [3.63, 3.8) is 0 Å². The average molecular weight is 833 g/mol. The number of benzene rings is 10. The van der Waals surface area contributed by atoms with E-state index in [-0.39, 0.29) is 0 Å². The Morgan fingerprint density at radius 2 is 0.906 bits per heavy atom. The quantitative estimate of drug-likeness (QED) is 0.168. The minimum Gasteiger partial charge on any atom is -0.309 e. The van der Waals surface area contributed by atoms with E-state index in [0.717, 1.165) is 50.1 Å². The first kappa shape index (κ1) is 36.4. The number of hydrogen-bond donors (Lipinski definition) is 0. The molecule has 0 bridgehead atoms. The molecule has 0 fully saturated rings. The Kier molecular flexibility index (Phi) is 8.36. The zero-order chi connectivity index (χ0) is 42.1. The standard InChI is InChI=1S/C59H36N4S/c1-3-14-37(15-4-1)38-26-28-41(29-27-38)58-60-57(40-17-5-2-6-18-40)61-59(62-58)44-31-33-52(63-51-24-12-11-22-46(51)49-34-42-19-7-8-20-43(42)36-53(49)63)50(35-44)47-23-13-25-54-55(47)48-32-30-39-16-9-10-21-45(39)56(48)64-54/h1-36H. The molecule has 0 atom stereocenters. The van der Waals surface area contributed by atoms with Crippen LogP contribution < -0.4 is 0 Å². The summed E-state index contributed by atoms with van der Waals surface area (Å²) in [5, 5.41) is 9.91. The lowest BCUT2D eigenvalue weighted by Gasteiger charge is -2.17. The Bertz CT molecular complexity index is 3940. The van der Waals surface area contributed by atoms with Gasteiger partial charge in [0.05, 0.1) is 16.7 Å². The number of aromatic nitrogens is 4. The van der Waals surface area contributed by atoms with E-state index in [1.54, 1.807) is 0 Å². The monoisotopic (exact) mass is 832 g/mol. The predicted molar refractivity (Wildman–Crippen MR) is 269 cm³/mol. The summed E-state index contributed by atoms with van der Waals surface area (Å²) in [6.07, 6.45) is 0. The number of rotatable bonds is 6. The summed E-state index contributed by atoms with van der Waals surface area (Å²) in [5.74, 6) is 1.87. The maximum atomic E-state index is 5.27. The molecule has 0 N–H and O–H groups in total. The van der Waals surface area contributed by atoms with Gasteiger partial charge in [0, 0.05) is 53.2 Å². The molecule has 0 aliphatic carbocycles. The Labute approximate surface area is 373 Å². The van der Waals surface area contributed by atoms with Crippen LogP contribution in [-0.4, -0.2) is 19.5 Å². The minimum atomic E-state index is 0.616. The molecule has 64 heavy (non-hydrogen) atoms. The Balaban J connectivity index is 1.08. The summed E-state index contributed by atoms with van der Waals surface area (Å²) >= 11 is 1.87. The van der Waals surface area contributed by atoms with Crippen molar-refractivity contribution >= 4 is 74.9 Å². The van der Waals surface area contributed by atoms with E-state index in [1.807, 2.05) is 35.6 Å². The van der Waals surface area contributed by atoms with Crippen LogP contribution in [0.3, 0.4) is 0 Å². The lowest BCUT2D eigenvalue weighted by Crippen LogP contribution is -2.02. The number of fused-ring (bicyclic) bond motifs is 9. The zero-order valence-corrected chi connectivity index (χ0v) is 35.3. The molecular weight excluding hydrogens is 797 g/mol. The van der Waals surface area contributed by atoms with E-state index in [2.05, 4.69) is 199 Å². The maximum Gasteiger partial charge on any atom is 0.164 e. The molecule has 0 saturated heterocycles. The second-order valence-electron chi connectivity index (χ2n) is 16.4. The zero-order valence-electron chi connectivity index (χ0n) is 34.5. The van der Waals surface area contributed by atoms with Gasteiger partial charge in [-0.15, -0.1) is 11.3 Å². The molecule has 0 saturated carbocycles. The molecule has 0 amide bonds. The highest BCUT2D eigenvalue weighted by molar-refractivity contribution is 7.26. The highest BCUT2D eigenvalue weighted by Gasteiger charge is 2.22. The molecule has 3 aromatic heterocycles. The summed E-state index contributed by atoms with van der Waals surface area (Å²) in [6.45, 7) is 0. The summed E-state index contributed by atoms with van der Waals surface area (Å²) in [6, 6.07) is 78.1. The number of nitrogens with zero attached hydrogens (tertiary/aromatic N) is 4. The van der Waals surface area contributed by atoms with Crippen LogP contribution in [0, 0.1) is 0 Å². The molecule has 0 unspecified atom stereocenters. The van der Waals surface area contributed by atoms with E-state index >= 15 is 0 Å². The van der Waals surface area contributed by atoms with Crippen molar-refractivity contribution in [1.82, 2.24) is 19.5 Å². The topological polar surface area (TPSA) is 43.6 Å². The molecule has 5 heteroatoms. The lowest BCUT2D eigenvalue weighted by molar-refractivity contribution is 1.07. The van der Waals surface area contributed by atoms with Gasteiger partial charge in [0.1, 0.15) is 0 Å². The van der Waals surface area contributed by atoms with E-state index in [1.165, 1.54) is 58.1 Å². The molecular formula is C59H36N4S. The van der Waals surface area contributed by atoms with Crippen LogP contribution in [0.15, 0.2) is 218 Å². The van der Waals surface area contributed by atoms with Crippen molar-refractivity contribution in [3.05, 3.63) is 218 Å². The molecule has 4 nitrogen and oxygen atoms in total. The Morgan fingerprint density at radius 1 is 0.328 bits per heavy atom. The van der Waals surface area contributed by atoms with Crippen molar-refractivity contribution in [2.45, 2.75) is 0 Å². The molecule has 0 aliphatic rings. The largest absolute Gasteiger partial charge is 0.309 e. The fourth-order valence-electron chi connectivity index (χ4n) is 9.57. The third-order valence-electron chi connectivity index (χ3n) is 12.6. The first-order valence-electron chi connectivity index (χ1n) is 21.6. The van der Waals surface area contributed by atoms with Gasteiger partial charge in [0.25, 0.3) is 0 Å². The molecule has 10 aromatic carbocycles. The van der Waals surface area contributed by atoms with Crippen molar-refractivity contribution in [1.29, 1.82) is 0 Å². The van der Waals surface area contributed by atoms with Crippen LogP contribution in [-0.2, 0) is 0 Å². The second-order valence-corrected chi connectivity index (χ2v) is 17.4. The fourth-order valence-corrected chi connectivity index (χ4v) is 10.8. The number of hydrogen-bond acceptors (Lipinski definition) is 4. The molecule has 0 aliphatic heterocycles. The van der Waals surface area contributed by atoms with Gasteiger partial charge in [-0.2, -0.15) is 0 Å². The van der Waals surface area contributed by atoms with Crippen LogP contribution in [0.1, 0.15) is 0 Å². The van der Waals surface area contributed by atoms with Gasteiger partial charge in [0.2, 0.25) is 0 Å². The van der Waals surface area contributed by atoms with Crippen molar-refractivity contribution in [2.24, 2.45) is 0 Å². The van der Waals surface area contributed by atoms with Crippen LogP contribution in [0.5, 0.6) is 0 Å². The predicted octanol–water partition coefficient (Wildman–Crippen LogP) is 16.0. The van der Waals surface area contributed by atoms with Crippen LogP contribution in [0.2, 0.25) is 0 Å². The third-order valence-corrected chi connectivity index (χ3v) is 13.8. The van der Waals surface area contributed by atoms with Crippen molar-refractivity contribution in [2.75, 3.05) is 0 Å². The van der Waals surface area contributed by atoms with Gasteiger partial charge < -0.3 is 4.57 Å². The van der Waals surface area contributed by atoms with Gasteiger partial charge in [-0.1, -0.05) is 176 Å². The molecule has 13 rings (SSSR count). The van der Waals surface area contributed by atoms with Gasteiger partial charge >= 0.3 is 0 Å². The van der Waals surface area contributed by atoms with Crippen LogP contribution in [0.25, 0.3) is 126 Å². The number of para-hydroxylation sites is 1. The van der Waals surface area contributed by atoms with E-state index < -0.39 is 0 Å². The van der Waals surface area contributed by atoms with E-state index in [9.17, 15) is 0 Å². The summed E-state index contributed by atoms with van der Waals surface area (Å²) in [4.78, 5) is 15.6. The van der Waals surface area contributed by atoms with Gasteiger partial charge in [-0.25, -0.2) is 15.0 Å². The normalized spacial score (nSPS) is 11.8. The van der Waals surface area contributed by atoms with Crippen LogP contribution >= 0.6 is 11.3 Å². The SMILES string of the molecule is c1ccc(-c2ccc(-c3nc(-c4ccccc4)nc(-c4ccc(-n5c6ccccc6c6cc7ccccc7cc65)c(-c5cccc6sc7c8ccccc8ccc7c56)c4)n3)cc2)cc1. The van der Waals surface area contributed by atoms with Gasteiger partial charge in [0.15, 0.2) is 17.5 Å². The van der Waals surface area contributed by atoms with Crippen LogP contribution in [0.4, 0.5) is 0 Å². The molecule has 0 spiro atoms. The average Bonchev–Trinajstić information content (AvgIpc) is 3.92. The van der Waals surface area contributed by atoms with Gasteiger partial charge in [-0.3, -0.25) is 0 Å². The first-order valence-corrected chi connectivity index (χ1v) is 22.4. The maximum absolute atomic E-state index is 5.27. The molecule has 3 heterocycles. The molecule has 0 radical (unpaired) electrons. The highest BCUT2D eigenvalue weighted by atomic mass is 32.1. The summed E-state index contributed by atoms with van der Waals surface area (Å²) in [5.41, 5.74) is 10.8. The Morgan fingerprint density at radius 3 is 1.67 bits per heavy atom. The first-order chi connectivity index (χ1) is 31.7. The molecule has 298 valence electrons. The third kappa shape index (κ3) is 5.93. The fraction of sp³-hybridized carbons (Fsp3) is 0. The lowest BCUT2D eigenvalue weighted by atomic mass is 9.95. The number of thiophene rings is 1. The highest BCUT2D eigenvalue weighted by Crippen LogP contribution is 2.46. The van der Waals surface area contributed by atoms with Crippen molar-refractivity contribution in [3.8, 4) is 62.1 Å². The smallest absolute Gasteiger partial charge is 0.164 e. The second kappa shape index (κ2) is 14.7.